The van der Waals surface area contributed by atoms with Gasteiger partial charge in [0.05, 0.1) is 16.1 Å². The van der Waals surface area contributed by atoms with Crippen LogP contribution in [0.5, 0.6) is 0 Å². The highest BCUT2D eigenvalue weighted by atomic mass is 35.5. The fourth-order valence-corrected chi connectivity index (χ4v) is 5.22. The third-order valence-electron chi connectivity index (χ3n) is 3.75. The second-order valence-corrected chi connectivity index (χ2v) is 9.47. The Bertz CT molecular complexity index is 1020. The molecular weight excluding hydrogens is 408 g/mol. The van der Waals surface area contributed by atoms with Gasteiger partial charge in [0.1, 0.15) is 4.90 Å². The van der Waals surface area contributed by atoms with Crippen molar-refractivity contribution in [1.82, 2.24) is 4.31 Å². The van der Waals surface area contributed by atoms with Crippen molar-refractivity contribution in [1.29, 1.82) is 0 Å². The highest BCUT2D eigenvalue weighted by Gasteiger charge is 2.25. The maximum absolute atomic E-state index is 12.7. The molecule has 2 aromatic rings. The molecule has 0 spiro atoms. The monoisotopic (exact) mass is 428 g/mol. The molecule has 0 fully saturated rings. The predicted octanol–water partition coefficient (Wildman–Crippen LogP) is 3.78. The number of hydrogen-bond acceptors (Lipinski definition) is 4. The van der Waals surface area contributed by atoms with Gasteiger partial charge in [0, 0.05) is 13.1 Å². The lowest BCUT2D eigenvalue weighted by molar-refractivity contribution is 0.445. The first-order chi connectivity index (χ1) is 12.7. The SMILES string of the molecule is CCN(CC)S(=O)(=O)c1cc(NS(=O)(=O)/C=C/c2ccccc2)ccc1Cl. The van der Waals surface area contributed by atoms with Crippen molar-refractivity contribution in [3.63, 3.8) is 0 Å². The Hall–Kier alpha value is -1.87. The zero-order valence-electron chi connectivity index (χ0n) is 15.0. The summed E-state index contributed by atoms with van der Waals surface area (Å²) >= 11 is 6.05. The van der Waals surface area contributed by atoms with Gasteiger partial charge in [0.2, 0.25) is 10.0 Å². The Morgan fingerprint density at radius 1 is 1.00 bits per heavy atom. The Labute approximate surface area is 165 Å². The van der Waals surface area contributed by atoms with Crippen LogP contribution in [-0.2, 0) is 20.0 Å². The van der Waals surface area contributed by atoms with Gasteiger partial charge in [0.15, 0.2) is 0 Å². The molecule has 0 aliphatic carbocycles. The molecule has 0 aromatic heterocycles. The number of halogens is 1. The Morgan fingerprint density at radius 3 is 2.22 bits per heavy atom. The maximum Gasteiger partial charge on any atom is 0.255 e. The number of anilines is 1. The molecule has 0 aliphatic heterocycles. The number of nitrogens with zero attached hydrogens (tertiary/aromatic N) is 1. The van der Waals surface area contributed by atoms with Crippen LogP contribution in [0.15, 0.2) is 58.8 Å². The fraction of sp³-hybridized carbons (Fsp3) is 0.222. The average Bonchev–Trinajstić information content (AvgIpc) is 2.63. The zero-order valence-corrected chi connectivity index (χ0v) is 17.4. The second-order valence-electron chi connectivity index (χ2n) is 5.60. The first-order valence-electron chi connectivity index (χ1n) is 8.25. The van der Waals surface area contributed by atoms with Gasteiger partial charge in [-0.25, -0.2) is 16.8 Å². The molecule has 6 nitrogen and oxygen atoms in total. The van der Waals surface area contributed by atoms with Crippen molar-refractivity contribution in [3.8, 4) is 0 Å². The molecule has 0 saturated carbocycles. The van der Waals surface area contributed by atoms with E-state index in [-0.39, 0.29) is 28.7 Å². The van der Waals surface area contributed by atoms with Crippen molar-refractivity contribution in [2.45, 2.75) is 18.7 Å². The summed E-state index contributed by atoms with van der Waals surface area (Å²) in [6, 6.07) is 13.0. The second kappa shape index (κ2) is 8.88. The summed E-state index contributed by atoms with van der Waals surface area (Å²) in [5, 5.41) is 1.06. The highest BCUT2D eigenvalue weighted by molar-refractivity contribution is 7.95. The van der Waals surface area contributed by atoms with Gasteiger partial charge in [-0.1, -0.05) is 55.8 Å². The van der Waals surface area contributed by atoms with E-state index in [0.29, 0.717) is 0 Å². The number of sulfonamides is 2. The largest absolute Gasteiger partial charge is 0.280 e. The number of nitrogens with one attached hydrogen (secondary N) is 1. The van der Waals surface area contributed by atoms with Crippen molar-refractivity contribution in [3.05, 3.63) is 64.5 Å². The van der Waals surface area contributed by atoms with Crippen molar-refractivity contribution in [2.75, 3.05) is 17.8 Å². The summed E-state index contributed by atoms with van der Waals surface area (Å²) in [5.74, 6) is 0. The van der Waals surface area contributed by atoms with E-state index in [4.69, 9.17) is 11.6 Å². The number of benzene rings is 2. The van der Waals surface area contributed by atoms with E-state index in [1.807, 2.05) is 6.07 Å². The molecule has 0 amide bonds. The van der Waals surface area contributed by atoms with Crippen LogP contribution < -0.4 is 4.72 Å². The Morgan fingerprint density at radius 2 is 1.63 bits per heavy atom. The summed E-state index contributed by atoms with van der Waals surface area (Å²) in [4.78, 5) is -0.139. The summed E-state index contributed by atoms with van der Waals surface area (Å²) in [6.07, 6.45) is 1.45. The molecule has 0 saturated heterocycles. The van der Waals surface area contributed by atoms with Gasteiger partial charge in [0.25, 0.3) is 10.0 Å². The molecule has 0 atom stereocenters. The van der Waals surface area contributed by atoms with Crippen LogP contribution in [0.1, 0.15) is 19.4 Å². The van der Waals surface area contributed by atoms with Crippen LogP contribution in [0.25, 0.3) is 6.08 Å². The van der Waals surface area contributed by atoms with Crippen LogP contribution in [0.4, 0.5) is 5.69 Å². The topological polar surface area (TPSA) is 83.6 Å². The predicted molar refractivity (Wildman–Crippen MR) is 110 cm³/mol. The van der Waals surface area contributed by atoms with Crippen molar-refractivity contribution in [2.24, 2.45) is 0 Å². The summed E-state index contributed by atoms with van der Waals surface area (Å²) in [7, 11) is -7.64. The first-order valence-corrected chi connectivity index (χ1v) is 11.6. The lowest BCUT2D eigenvalue weighted by Crippen LogP contribution is -2.30. The molecule has 0 unspecified atom stereocenters. The third-order valence-corrected chi connectivity index (χ3v) is 7.30. The summed E-state index contributed by atoms with van der Waals surface area (Å²) < 4.78 is 53.5. The fourth-order valence-electron chi connectivity index (χ4n) is 2.40. The molecule has 1 N–H and O–H groups in total. The van der Waals surface area contributed by atoms with Gasteiger partial charge in [-0.05, 0) is 29.8 Å². The molecule has 0 radical (unpaired) electrons. The average molecular weight is 429 g/mol. The quantitative estimate of drug-likeness (QED) is 0.693. The van der Waals surface area contributed by atoms with Crippen LogP contribution >= 0.6 is 11.6 Å². The molecular formula is C18H21ClN2O4S2. The minimum absolute atomic E-state index is 0.0321. The van der Waals surface area contributed by atoms with Gasteiger partial charge in [-0.2, -0.15) is 4.31 Å². The van der Waals surface area contributed by atoms with Gasteiger partial charge in [-0.15, -0.1) is 0 Å². The molecule has 146 valence electrons. The van der Waals surface area contributed by atoms with Crippen LogP contribution in [0.3, 0.4) is 0 Å². The molecule has 0 bridgehead atoms. The smallest absolute Gasteiger partial charge is 0.255 e. The van der Waals surface area contributed by atoms with E-state index < -0.39 is 20.0 Å². The first kappa shape index (κ1) is 21.4. The van der Waals surface area contributed by atoms with Crippen LogP contribution in [0.2, 0.25) is 5.02 Å². The minimum Gasteiger partial charge on any atom is -0.280 e. The van der Waals surface area contributed by atoms with E-state index in [9.17, 15) is 16.8 Å². The zero-order chi connectivity index (χ0) is 20.1. The van der Waals surface area contributed by atoms with Crippen molar-refractivity contribution < 1.29 is 16.8 Å². The van der Waals surface area contributed by atoms with Crippen molar-refractivity contribution >= 4 is 43.4 Å². The molecule has 2 rings (SSSR count). The maximum atomic E-state index is 12.7. The summed E-state index contributed by atoms with van der Waals surface area (Å²) in [6.45, 7) is 4.00. The lowest BCUT2D eigenvalue weighted by Gasteiger charge is -2.19. The van der Waals surface area contributed by atoms with Crippen LogP contribution in [0, 0.1) is 0 Å². The molecule has 27 heavy (non-hydrogen) atoms. The summed E-state index contributed by atoms with van der Waals surface area (Å²) in [5.41, 5.74) is 0.839. The van der Waals surface area contributed by atoms with E-state index in [2.05, 4.69) is 4.72 Å². The minimum atomic E-state index is -3.82. The van der Waals surface area contributed by atoms with Gasteiger partial charge >= 0.3 is 0 Å². The van der Waals surface area contributed by atoms with E-state index in [1.54, 1.807) is 38.1 Å². The lowest BCUT2D eigenvalue weighted by atomic mass is 10.2. The van der Waals surface area contributed by atoms with E-state index in [0.717, 1.165) is 11.0 Å². The van der Waals surface area contributed by atoms with Gasteiger partial charge in [-0.3, -0.25) is 4.72 Å². The van der Waals surface area contributed by atoms with E-state index in [1.165, 1.54) is 28.6 Å². The standard InChI is InChI=1S/C18H21ClN2O4S2/c1-3-21(4-2)27(24,25)18-14-16(10-11-17(18)19)20-26(22,23)13-12-15-8-6-5-7-9-15/h5-14,20H,3-4H2,1-2H3/b13-12+. The van der Waals surface area contributed by atoms with Gasteiger partial charge < -0.3 is 0 Å². The molecule has 2 aromatic carbocycles. The molecule has 9 heteroatoms. The highest BCUT2D eigenvalue weighted by Crippen LogP contribution is 2.28. The third kappa shape index (κ3) is 5.55. The number of hydrogen-bond donors (Lipinski definition) is 1. The normalized spacial score (nSPS) is 12.6. The van der Waals surface area contributed by atoms with E-state index >= 15 is 0 Å². The Kier molecular flexibility index (Phi) is 7.05. The Balaban J connectivity index is 2.31. The molecule has 0 heterocycles. The molecule has 0 aliphatic rings. The number of rotatable bonds is 8. The van der Waals surface area contributed by atoms with Crippen LogP contribution in [-0.4, -0.2) is 34.2 Å².